The van der Waals surface area contributed by atoms with Crippen LogP contribution in [0.25, 0.3) is 0 Å². The molecule has 0 aliphatic carbocycles. The number of hydrogen-bond acceptors (Lipinski definition) is 6. The summed E-state index contributed by atoms with van der Waals surface area (Å²) in [6.07, 6.45) is 0.708. The molecule has 0 saturated carbocycles. The number of methoxy groups -OCH3 is 2. The number of benzene rings is 3. The van der Waals surface area contributed by atoms with Gasteiger partial charge in [0.15, 0.2) is 0 Å². The summed E-state index contributed by atoms with van der Waals surface area (Å²) in [5.74, 6) is 0.273. The zero-order chi connectivity index (χ0) is 25.6. The van der Waals surface area contributed by atoms with Crippen molar-refractivity contribution in [2.24, 2.45) is 0 Å². The average Bonchev–Trinajstić information content (AvgIpc) is 2.86. The Morgan fingerprint density at radius 1 is 0.971 bits per heavy atom. The lowest BCUT2D eigenvalue weighted by Crippen LogP contribution is -2.38. The molecule has 0 aromatic heterocycles. The Bertz CT molecular complexity index is 1280. The van der Waals surface area contributed by atoms with E-state index in [2.05, 4.69) is 0 Å². The number of carbonyl (C=O) groups is 1. The first-order valence-corrected chi connectivity index (χ1v) is 12.4. The molecule has 0 N–H and O–H groups in total. The van der Waals surface area contributed by atoms with Crippen LogP contribution < -0.4 is 13.7 Å². The lowest BCUT2D eigenvalue weighted by molar-refractivity contribution is 0.0668. The second kappa shape index (κ2) is 11.2. The van der Waals surface area contributed by atoms with Crippen molar-refractivity contribution in [1.29, 1.82) is 0 Å². The maximum Gasteiger partial charge on any atom is 0.339 e. The molecule has 0 aliphatic rings. The fourth-order valence-corrected chi connectivity index (χ4v) is 4.37. The van der Waals surface area contributed by atoms with E-state index in [9.17, 15) is 17.6 Å². The Kier molecular flexibility index (Phi) is 8.34. The number of rotatable bonds is 10. The van der Waals surface area contributed by atoms with Crippen molar-refractivity contribution in [3.05, 3.63) is 83.7 Å². The molecule has 0 saturated heterocycles. The third kappa shape index (κ3) is 6.30. The molecule has 0 fully saturated rings. The molecule has 35 heavy (non-hydrogen) atoms. The summed E-state index contributed by atoms with van der Waals surface area (Å²) in [5, 5.41) is 0. The largest absolute Gasteiger partial charge is 0.497 e. The molecule has 3 aromatic carbocycles. The van der Waals surface area contributed by atoms with Crippen LogP contribution in [0.5, 0.6) is 17.2 Å². The molecule has 0 heterocycles. The summed E-state index contributed by atoms with van der Waals surface area (Å²) >= 11 is 0. The van der Waals surface area contributed by atoms with Crippen molar-refractivity contribution < 1.29 is 31.3 Å². The molecule has 0 unspecified atom stereocenters. The number of amides is 1. The lowest BCUT2D eigenvalue weighted by atomic mass is 10.1. The number of halogens is 1. The normalized spacial score (nSPS) is 12.0. The van der Waals surface area contributed by atoms with Crippen LogP contribution in [0.2, 0.25) is 0 Å². The quantitative estimate of drug-likeness (QED) is 0.362. The molecule has 7 nitrogen and oxygen atoms in total. The monoisotopic (exact) mass is 501 g/mol. The molecule has 186 valence electrons. The molecule has 9 heteroatoms. The second-order valence-electron chi connectivity index (χ2n) is 7.90. The highest BCUT2D eigenvalue weighted by Gasteiger charge is 2.24. The molecule has 1 atom stereocenters. The van der Waals surface area contributed by atoms with Gasteiger partial charge in [-0.05, 0) is 67.4 Å². The third-order valence-electron chi connectivity index (χ3n) is 5.58. The van der Waals surface area contributed by atoms with Gasteiger partial charge in [0.1, 0.15) is 28.0 Å². The summed E-state index contributed by atoms with van der Waals surface area (Å²) in [7, 11) is -1.12. The van der Waals surface area contributed by atoms with E-state index in [1.807, 2.05) is 13.8 Å². The standard InChI is InChI=1S/C26H28FNO6S/c1-5-18(2)28(26(29)24-14-11-21(32-3)16-25(24)33-4)17-19-7-6-8-22(15-19)34-35(30,31)23-12-9-20(27)10-13-23/h6-16,18H,5,17H2,1-4H3/t18-/m1/s1. The van der Waals surface area contributed by atoms with Crippen molar-refractivity contribution >= 4 is 16.0 Å². The maximum absolute atomic E-state index is 13.5. The Hall–Kier alpha value is -3.59. The van der Waals surface area contributed by atoms with Gasteiger partial charge in [0.25, 0.3) is 5.91 Å². The van der Waals surface area contributed by atoms with Gasteiger partial charge in [-0.25, -0.2) is 4.39 Å². The predicted octanol–water partition coefficient (Wildman–Crippen LogP) is 5.05. The summed E-state index contributed by atoms with van der Waals surface area (Å²) < 4.78 is 54.2. The van der Waals surface area contributed by atoms with Gasteiger partial charge in [0.2, 0.25) is 0 Å². The smallest absolute Gasteiger partial charge is 0.339 e. The fraction of sp³-hybridized carbons (Fsp3) is 0.269. The van der Waals surface area contributed by atoms with Crippen LogP contribution in [-0.4, -0.2) is 39.5 Å². The van der Waals surface area contributed by atoms with Gasteiger partial charge in [0, 0.05) is 18.7 Å². The van der Waals surface area contributed by atoms with Gasteiger partial charge in [-0.15, -0.1) is 0 Å². The number of nitrogens with zero attached hydrogens (tertiary/aromatic N) is 1. The van der Waals surface area contributed by atoms with E-state index >= 15 is 0 Å². The molecule has 0 spiro atoms. The van der Waals surface area contributed by atoms with Crippen molar-refractivity contribution in [2.45, 2.75) is 37.8 Å². The average molecular weight is 502 g/mol. The predicted molar refractivity (Wildman–Crippen MR) is 130 cm³/mol. The number of ether oxygens (including phenoxy) is 2. The van der Waals surface area contributed by atoms with Crippen molar-refractivity contribution in [1.82, 2.24) is 4.90 Å². The first-order chi connectivity index (χ1) is 16.7. The molecule has 0 radical (unpaired) electrons. The van der Waals surface area contributed by atoms with Crippen molar-refractivity contribution in [3.63, 3.8) is 0 Å². The topological polar surface area (TPSA) is 82.1 Å². The number of carbonyl (C=O) groups excluding carboxylic acids is 1. The fourth-order valence-electron chi connectivity index (χ4n) is 3.45. The highest BCUT2D eigenvalue weighted by molar-refractivity contribution is 7.87. The number of hydrogen-bond donors (Lipinski definition) is 0. The minimum atomic E-state index is -4.15. The van der Waals surface area contributed by atoms with Crippen LogP contribution >= 0.6 is 0 Å². The Morgan fingerprint density at radius 2 is 1.69 bits per heavy atom. The molecule has 0 bridgehead atoms. The van der Waals surface area contributed by atoms with Crippen LogP contribution in [0, 0.1) is 5.82 Å². The van der Waals surface area contributed by atoms with Gasteiger partial charge < -0.3 is 18.6 Å². The zero-order valence-electron chi connectivity index (χ0n) is 20.0. The summed E-state index contributed by atoms with van der Waals surface area (Å²) in [6, 6.07) is 15.8. The van der Waals surface area contributed by atoms with Gasteiger partial charge >= 0.3 is 10.1 Å². The van der Waals surface area contributed by atoms with Crippen molar-refractivity contribution in [2.75, 3.05) is 14.2 Å². The zero-order valence-corrected chi connectivity index (χ0v) is 20.8. The van der Waals surface area contributed by atoms with E-state index < -0.39 is 15.9 Å². The van der Waals surface area contributed by atoms with Crippen LogP contribution in [0.3, 0.4) is 0 Å². The van der Waals surface area contributed by atoms with Crippen molar-refractivity contribution in [3.8, 4) is 17.2 Å². The summed E-state index contributed by atoms with van der Waals surface area (Å²) in [5.41, 5.74) is 1.07. The lowest BCUT2D eigenvalue weighted by Gasteiger charge is -2.29. The summed E-state index contributed by atoms with van der Waals surface area (Å²) in [6.45, 7) is 4.13. The molecule has 3 rings (SSSR count). The summed E-state index contributed by atoms with van der Waals surface area (Å²) in [4.78, 5) is 15.0. The third-order valence-corrected chi connectivity index (χ3v) is 6.84. The van der Waals surface area contributed by atoms with Crippen LogP contribution in [0.4, 0.5) is 4.39 Å². The molecular weight excluding hydrogens is 473 g/mol. The first kappa shape index (κ1) is 26.0. The van der Waals surface area contributed by atoms with Gasteiger partial charge in [-0.3, -0.25) is 4.79 Å². The molecule has 3 aromatic rings. The van der Waals surface area contributed by atoms with E-state index in [0.717, 1.165) is 24.3 Å². The Labute approximate surface area is 205 Å². The minimum absolute atomic E-state index is 0.0883. The molecule has 0 aliphatic heterocycles. The van der Waals surface area contributed by atoms with Gasteiger partial charge in [-0.2, -0.15) is 8.42 Å². The molecule has 1 amide bonds. The first-order valence-electron chi connectivity index (χ1n) is 11.0. The highest BCUT2D eigenvalue weighted by atomic mass is 32.2. The van der Waals surface area contributed by atoms with Gasteiger partial charge in [0.05, 0.1) is 19.8 Å². The Morgan fingerprint density at radius 3 is 2.31 bits per heavy atom. The van der Waals surface area contributed by atoms with E-state index in [-0.39, 0.29) is 29.1 Å². The van der Waals surface area contributed by atoms with Crippen LogP contribution in [0.1, 0.15) is 36.2 Å². The highest BCUT2D eigenvalue weighted by Crippen LogP contribution is 2.28. The van der Waals surface area contributed by atoms with E-state index in [1.165, 1.54) is 20.3 Å². The van der Waals surface area contributed by atoms with E-state index in [1.54, 1.807) is 41.3 Å². The minimum Gasteiger partial charge on any atom is -0.497 e. The van der Waals surface area contributed by atoms with E-state index in [4.69, 9.17) is 13.7 Å². The van der Waals surface area contributed by atoms with Gasteiger partial charge in [-0.1, -0.05) is 19.1 Å². The van der Waals surface area contributed by atoms with Crippen LogP contribution in [-0.2, 0) is 16.7 Å². The SMILES string of the molecule is CC[C@@H](C)N(Cc1cccc(OS(=O)(=O)c2ccc(F)cc2)c1)C(=O)c1ccc(OC)cc1OC. The van der Waals surface area contributed by atoms with Crippen LogP contribution in [0.15, 0.2) is 71.6 Å². The maximum atomic E-state index is 13.5. The second-order valence-corrected chi connectivity index (χ2v) is 9.44. The Balaban J connectivity index is 1.87. The van der Waals surface area contributed by atoms with E-state index in [0.29, 0.717) is 29.0 Å². The molecular formula is C26H28FNO6S.